The highest BCUT2D eigenvalue weighted by molar-refractivity contribution is 7.92. The van der Waals surface area contributed by atoms with Gasteiger partial charge in [-0.25, -0.2) is 8.42 Å². The standard InChI is InChI=1S/C18H21N3O6S/c1-4-27-17-10-8-15(9-11-17)20(28(3,25)26)13(2)18(22)19-14-6-5-7-16(12-14)21(23)24/h5-13H,4H2,1-3H3,(H,19,22)/t13-/m0/s1. The van der Waals surface area contributed by atoms with Crippen LogP contribution in [-0.2, 0) is 14.8 Å². The van der Waals surface area contributed by atoms with E-state index in [1.54, 1.807) is 24.3 Å². The van der Waals surface area contributed by atoms with E-state index in [1.807, 2.05) is 6.92 Å². The molecule has 0 fully saturated rings. The number of nitrogens with zero attached hydrogens (tertiary/aromatic N) is 2. The minimum atomic E-state index is -3.78. The van der Waals surface area contributed by atoms with E-state index in [2.05, 4.69) is 5.32 Å². The molecule has 0 aliphatic carbocycles. The van der Waals surface area contributed by atoms with Gasteiger partial charge in [-0.05, 0) is 44.2 Å². The van der Waals surface area contributed by atoms with E-state index in [9.17, 15) is 23.3 Å². The third kappa shape index (κ3) is 5.19. The minimum Gasteiger partial charge on any atom is -0.494 e. The quantitative estimate of drug-likeness (QED) is 0.531. The van der Waals surface area contributed by atoms with Crippen LogP contribution in [0.25, 0.3) is 0 Å². The lowest BCUT2D eigenvalue weighted by atomic mass is 10.2. The van der Waals surface area contributed by atoms with Gasteiger partial charge in [0, 0.05) is 17.8 Å². The normalized spacial score (nSPS) is 12.1. The number of nitro groups is 1. The average Bonchev–Trinajstić information content (AvgIpc) is 2.62. The third-order valence-electron chi connectivity index (χ3n) is 3.82. The van der Waals surface area contributed by atoms with Gasteiger partial charge in [-0.2, -0.15) is 0 Å². The maximum absolute atomic E-state index is 12.6. The zero-order valence-electron chi connectivity index (χ0n) is 15.7. The van der Waals surface area contributed by atoms with Crippen molar-refractivity contribution in [3.8, 4) is 5.75 Å². The maximum Gasteiger partial charge on any atom is 0.271 e. The molecule has 0 radical (unpaired) electrons. The molecule has 0 aliphatic heterocycles. The van der Waals surface area contributed by atoms with Crippen LogP contribution in [0.15, 0.2) is 48.5 Å². The number of benzene rings is 2. The Bertz CT molecular complexity index is 960. The molecule has 0 spiro atoms. The third-order valence-corrected chi connectivity index (χ3v) is 5.06. The van der Waals surface area contributed by atoms with Gasteiger partial charge in [-0.3, -0.25) is 19.2 Å². The summed E-state index contributed by atoms with van der Waals surface area (Å²) in [6.45, 7) is 3.73. The molecule has 28 heavy (non-hydrogen) atoms. The number of sulfonamides is 1. The summed E-state index contributed by atoms with van der Waals surface area (Å²) >= 11 is 0. The van der Waals surface area contributed by atoms with Gasteiger partial charge in [0.25, 0.3) is 5.69 Å². The smallest absolute Gasteiger partial charge is 0.271 e. The van der Waals surface area contributed by atoms with Crippen molar-refractivity contribution in [2.75, 3.05) is 22.5 Å². The van der Waals surface area contributed by atoms with Gasteiger partial charge in [-0.15, -0.1) is 0 Å². The lowest BCUT2D eigenvalue weighted by Crippen LogP contribution is -2.45. The average molecular weight is 407 g/mol. The number of nitrogens with one attached hydrogen (secondary N) is 1. The summed E-state index contributed by atoms with van der Waals surface area (Å²) in [5, 5.41) is 13.4. The number of carbonyl (C=O) groups is 1. The summed E-state index contributed by atoms with van der Waals surface area (Å²) in [6, 6.07) is 10.6. The van der Waals surface area contributed by atoms with Crippen molar-refractivity contribution >= 4 is 33.0 Å². The Balaban J connectivity index is 2.27. The first-order valence-corrected chi connectivity index (χ1v) is 10.3. The van der Waals surface area contributed by atoms with Crippen molar-refractivity contribution < 1.29 is 22.9 Å². The number of anilines is 2. The summed E-state index contributed by atoms with van der Waals surface area (Å²) in [5.41, 5.74) is 0.316. The fourth-order valence-corrected chi connectivity index (χ4v) is 3.78. The van der Waals surface area contributed by atoms with E-state index in [4.69, 9.17) is 4.74 Å². The number of hydrogen-bond acceptors (Lipinski definition) is 6. The topological polar surface area (TPSA) is 119 Å². The fraction of sp³-hybridized carbons (Fsp3) is 0.278. The number of non-ortho nitro benzene ring substituents is 1. The van der Waals surface area contributed by atoms with Crippen molar-refractivity contribution in [3.63, 3.8) is 0 Å². The first-order valence-electron chi connectivity index (χ1n) is 8.41. The molecule has 0 unspecified atom stereocenters. The molecular weight excluding hydrogens is 386 g/mol. The van der Waals surface area contributed by atoms with Crippen LogP contribution < -0.4 is 14.4 Å². The van der Waals surface area contributed by atoms with Crippen molar-refractivity contribution in [2.45, 2.75) is 19.9 Å². The second-order valence-electron chi connectivity index (χ2n) is 5.96. The molecule has 2 aromatic carbocycles. The van der Waals surface area contributed by atoms with Crippen LogP contribution in [-0.4, -0.2) is 38.2 Å². The second kappa shape index (κ2) is 8.70. The molecule has 1 N–H and O–H groups in total. The molecule has 10 heteroatoms. The Morgan fingerprint density at radius 3 is 2.43 bits per heavy atom. The Hall–Kier alpha value is -3.14. The van der Waals surface area contributed by atoms with Crippen molar-refractivity contribution in [1.82, 2.24) is 0 Å². The fourth-order valence-electron chi connectivity index (χ4n) is 2.61. The predicted octanol–water partition coefficient (Wildman–Crippen LogP) is 2.79. The van der Waals surface area contributed by atoms with Crippen LogP contribution in [0.3, 0.4) is 0 Å². The van der Waals surface area contributed by atoms with Crippen LogP contribution >= 0.6 is 0 Å². The lowest BCUT2D eigenvalue weighted by Gasteiger charge is -2.28. The van der Waals surface area contributed by atoms with E-state index in [0.29, 0.717) is 18.0 Å². The van der Waals surface area contributed by atoms with Crippen LogP contribution in [0.5, 0.6) is 5.75 Å². The molecule has 1 atom stereocenters. The monoisotopic (exact) mass is 407 g/mol. The molecule has 1 amide bonds. The number of nitro benzene ring substituents is 1. The molecule has 0 aromatic heterocycles. The highest BCUT2D eigenvalue weighted by atomic mass is 32.2. The molecule has 0 saturated heterocycles. The maximum atomic E-state index is 12.6. The number of rotatable bonds is 8. The molecular formula is C18H21N3O6S. The molecule has 9 nitrogen and oxygen atoms in total. The molecule has 2 rings (SSSR count). The Morgan fingerprint density at radius 1 is 1.25 bits per heavy atom. The van der Waals surface area contributed by atoms with E-state index in [1.165, 1.54) is 31.2 Å². The number of ether oxygens (including phenoxy) is 1. The summed E-state index contributed by atoms with van der Waals surface area (Å²) in [6.07, 6.45) is 1.00. The van der Waals surface area contributed by atoms with Crippen LogP contribution in [0.1, 0.15) is 13.8 Å². The Kier molecular flexibility index (Phi) is 6.57. The molecule has 0 saturated carbocycles. The SMILES string of the molecule is CCOc1ccc(N([C@@H](C)C(=O)Nc2cccc([N+](=O)[O-])c2)S(C)(=O)=O)cc1. The number of amides is 1. The summed E-state index contributed by atoms with van der Waals surface area (Å²) < 4.78 is 30.9. The highest BCUT2D eigenvalue weighted by Crippen LogP contribution is 2.25. The van der Waals surface area contributed by atoms with Crippen LogP contribution in [0, 0.1) is 10.1 Å². The van der Waals surface area contributed by atoms with Gasteiger partial charge in [0.05, 0.1) is 23.5 Å². The van der Waals surface area contributed by atoms with Crippen molar-refractivity contribution in [2.24, 2.45) is 0 Å². The molecule has 0 heterocycles. The molecule has 2 aromatic rings. The first kappa shape index (κ1) is 21.2. The molecule has 0 aliphatic rings. The van der Waals surface area contributed by atoms with Gasteiger partial charge >= 0.3 is 0 Å². The number of hydrogen-bond donors (Lipinski definition) is 1. The van der Waals surface area contributed by atoms with E-state index in [0.717, 1.165) is 10.6 Å². The summed E-state index contributed by atoms with van der Waals surface area (Å²) in [4.78, 5) is 22.9. The van der Waals surface area contributed by atoms with Crippen LogP contribution in [0.4, 0.5) is 17.1 Å². The molecule has 0 bridgehead atoms. The highest BCUT2D eigenvalue weighted by Gasteiger charge is 2.29. The van der Waals surface area contributed by atoms with Gasteiger partial charge in [0.15, 0.2) is 0 Å². The van der Waals surface area contributed by atoms with E-state index >= 15 is 0 Å². The first-order chi connectivity index (χ1) is 13.1. The molecule has 150 valence electrons. The largest absolute Gasteiger partial charge is 0.494 e. The lowest BCUT2D eigenvalue weighted by molar-refractivity contribution is -0.384. The van der Waals surface area contributed by atoms with Gasteiger partial charge in [-0.1, -0.05) is 6.07 Å². The number of carbonyl (C=O) groups excluding carboxylic acids is 1. The van der Waals surface area contributed by atoms with E-state index < -0.39 is 26.9 Å². The van der Waals surface area contributed by atoms with Gasteiger partial charge in [0.2, 0.25) is 15.9 Å². The zero-order valence-corrected chi connectivity index (χ0v) is 16.5. The minimum absolute atomic E-state index is 0.183. The summed E-state index contributed by atoms with van der Waals surface area (Å²) in [5.74, 6) is -0.0480. The van der Waals surface area contributed by atoms with Crippen molar-refractivity contribution in [3.05, 3.63) is 58.6 Å². The van der Waals surface area contributed by atoms with Crippen molar-refractivity contribution in [1.29, 1.82) is 0 Å². The Morgan fingerprint density at radius 2 is 1.89 bits per heavy atom. The summed E-state index contributed by atoms with van der Waals surface area (Å²) in [7, 11) is -3.78. The van der Waals surface area contributed by atoms with Gasteiger partial charge < -0.3 is 10.1 Å². The van der Waals surface area contributed by atoms with Crippen LogP contribution in [0.2, 0.25) is 0 Å². The predicted molar refractivity (Wildman–Crippen MR) is 106 cm³/mol. The van der Waals surface area contributed by atoms with E-state index in [-0.39, 0.29) is 11.4 Å². The second-order valence-corrected chi connectivity index (χ2v) is 7.82. The Labute approximate surface area is 163 Å². The van der Waals surface area contributed by atoms with Gasteiger partial charge in [0.1, 0.15) is 11.8 Å². The zero-order chi connectivity index (χ0) is 20.9.